The molecule has 0 radical (unpaired) electrons. The summed E-state index contributed by atoms with van der Waals surface area (Å²) in [5.41, 5.74) is -0.0196. The summed E-state index contributed by atoms with van der Waals surface area (Å²) in [4.78, 5) is 29.2. The van der Waals surface area contributed by atoms with Crippen LogP contribution in [0.3, 0.4) is 0 Å². The Kier molecular flexibility index (Phi) is 9.08. The predicted molar refractivity (Wildman–Crippen MR) is 161 cm³/mol. The number of pyridine rings is 1. The molecule has 2 aromatic heterocycles. The number of hydrogen-bond acceptors (Lipinski definition) is 7. The van der Waals surface area contributed by atoms with Crippen molar-refractivity contribution in [3.8, 4) is 22.8 Å². The number of rotatable bonds is 11. The Morgan fingerprint density at radius 1 is 1.17 bits per heavy atom. The Bertz CT molecular complexity index is 1850. The Balaban J connectivity index is 1.59. The van der Waals surface area contributed by atoms with Gasteiger partial charge >= 0.3 is 6.18 Å². The molecule has 0 spiro atoms. The van der Waals surface area contributed by atoms with Crippen LogP contribution in [-0.2, 0) is 16.8 Å². The maximum absolute atomic E-state index is 14.7. The van der Waals surface area contributed by atoms with Gasteiger partial charge in [-0.25, -0.2) is 9.37 Å². The molecule has 2 amide bonds. The molecule has 0 saturated heterocycles. The fourth-order valence-electron chi connectivity index (χ4n) is 4.91. The number of primary amides is 1. The van der Waals surface area contributed by atoms with Crippen LogP contribution in [0.25, 0.3) is 22.2 Å². The Morgan fingerprint density at radius 2 is 1.89 bits per heavy atom. The lowest BCUT2D eigenvalue weighted by molar-refractivity contribution is -0.265. The summed E-state index contributed by atoms with van der Waals surface area (Å²) in [6.45, 7) is 0.0925. The lowest BCUT2D eigenvalue weighted by Crippen LogP contribution is -2.51. The number of nitrogens with zero attached hydrogens (tertiary/aromatic N) is 3. The maximum Gasteiger partial charge on any atom is 0.424 e. The van der Waals surface area contributed by atoms with E-state index in [-0.39, 0.29) is 45.9 Å². The van der Waals surface area contributed by atoms with Gasteiger partial charge in [0.15, 0.2) is 0 Å². The number of hydrogen-bond donors (Lipinski definition) is 3. The zero-order valence-electron chi connectivity index (χ0n) is 24.3. The molecule has 10 nitrogen and oxygen atoms in total. The van der Waals surface area contributed by atoms with Gasteiger partial charge in [0.05, 0.1) is 43.4 Å². The number of methoxy groups -OCH3 is 1. The first-order valence-corrected chi connectivity index (χ1v) is 14.7. The smallest absolute Gasteiger partial charge is 0.424 e. The van der Waals surface area contributed by atoms with E-state index in [0.29, 0.717) is 10.9 Å². The number of nitrogens with two attached hydrogens (primary N) is 1. The summed E-state index contributed by atoms with van der Waals surface area (Å²) in [6.07, 6.45) is -2.47. The van der Waals surface area contributed by atoms with Crippen molar-refractivity contribution in [3.63, 3.8) is 0 Å². The molecule has 2 heterocycles. The second-order valence-corrected chi connectivity index (χ2v) is 11.5. The summed E-state index contributed by atoms with van der Waals surface area (Å²) in [5, 5.41) is 17.7. The molecule has 1 aliphatic carbocycles. The first-order chi connectivity index (χ1) is 21.7. The molecule has 1 atom stereocenters. The average Bonchev–Trinajstić information content (AvgIpc) is 3.75. The predicted octanol–water partition coefficient (Wildman–Crippen LogP) is 5.49. The normalized spacial score (nSPS) is 14.6. The van der Waals surface area contributed by atoms with Crippen molar-refractivity contribution in [1.29, 1.82) is 0 Å². The summed E-state index contributed by atoms with van der Waals surface area (Å²) in [5.74, 6) is -2.93. The maximum atomic E-state index is 14.7. The van der Waals surface area contributed by atoms with Crippen LogP contribution in [0.2, 0.25) is 10.0 Å². The quantitative estimate of drug-likeness (QED) is 0.140. The third-order valence-electron chi connectivity index (χ3n) is 7.34. The van der Waals surface area contributed by atoms with Crippen LogP contribution in [0.15, 0.2) is 36.5 Å². The number of aromatic nitrogens is 3. The van der Waals surface area contributed by atoms with E-state index >= 15 is 0 Å². The van der Waals surface area contributed by atoms with E-state index in [4.69, 9.17) is 38.4 Å². The molecular formula is C30H27Cl2F4N5O5. The number of carbonyl (C=O) groups is 2. The van der Waals surface area contributed by atoms with Gasteiger partial charge in [-0.2, -0.15) is 18.3 Å². The number of carbonyl (C=O) groups excluding carboxylic acids is 2. The van der Waals surface area contributed by atoms with Crippen LogP contribution in [0.5, 0.6) is 11.5 Å². The molecule has 0 bridgehead atoms. The first-order valence-electron chi connectivity index (χ1n) is 13.9. The number of aliphatic hydroxyl groups is 1. The van der Waals surface area contributed by atoms with Crippen LogP contribution in [0.1, 0.15) is 47.4 Å². The number of nitrogens with one attached hydrogen (secondary N) is 1. The zero-order chi connectivity index (χ0) is 33.6. The first kappa shape index (κ1) is 33.2. The van der Waals surface area contributed by atoms with Gasteiger partial charge in [0, 0.05) is 33.3 Å². The highest BCUT2D eigenvalue weighted by atomic mass is 35.5. The molecular weight excluding hydrogens is 657 g/mol. The topological polar surface area (TPSA) is 142 Å². The van der Waals surface area contributed by atoms with Gasteiger partial charge in [0.1, 0.15) is 28.5 Å². The van der Waals surface area contributed by atoms with E-state index in [1.807, 2.05) is 0 Å². The second kappa shape index (κ2) is 12.6. The highest BCUT2D eigenvalue weighted by molar-refractivity contribution is 6.35. The minimum Gasteiger partial charge on any atom is -0.494 e. The van der Waals surface area contributed by atoms with Gasteiger partial charge in [0.25, 0.3) is 5.91 Å². The molecule has 0 unspecified atom stereocenters. The standard InChI is InChI=1S/C30H27Cl2F4N5O5/c1-3-46-27-14(9-23(37)42)8-22(39-26(27)19-10-17(31)11-20(33)24(19)32)29(44,30(34,35)36)13-38-28(43)15-6-16-12-41(18-4-5-18)40-25(16)21(7-15)45-2/h6-8,10-12,18,44H,3-5,9,13H2,1-2H3,(H2,37,42)(H,38,43)/t29-/m0/s1. The molecule has 1 saturated carbocycles. The monoisotopic (exact) mass is 683 g/mol. The van der Waals surface area contributed by atoms with Crippen LogP contribution in [0, 0.1) is 5.82 Å². The number of ether oxygens (including phenoxy) is 2. The number of halogens is 6. The van der Waals surface area contributed by atoms with E-state index in [2.05, 4.69) is 15.4 Å². The Morgan fingerprint density at radius 3 is 2.50 bits per heavy atom. The Labute approximate surface area is 269 Å². The van der Waals surface area contributed by atoms with Crippen LogP contribution in [-0.4, -0.2) is 58.1 Å². The summed E-state index contributed by atoms with van der Waals surface area (Å²) in [7, 11) is 1.37. The third kappa shape index (κ3) is 6.42. The van der Waals surface area contributed by atoms with Crippen molar-refractivity contribution in [2.45, 2.75) is 44.0 Å². The van der Waals surface area contributed by atoms with Crippen molar-refractivity contribution >= 4 is 45.9 Å². The minimum atomic E-state index is -5.43. The molecule has 4 N–H and O–H groups in total. The highest BCUT2D eigenvalue weighted by Gasteiger charge is 2.57. The van der Waals surface area contributed by atoms with E-state index in [1.165, 1.54) is 19.2 Å². The number of benzene rings is 2. The molecule has 46 heavy (non-hydrogen) atoms. The van der Waals surface area contributed by atoms with E-state index < -0.39 is 58.8 Å². The third-order valence-corrected chi connectivity index (χ3v) is 7.95. The van der Waals surface area contributed by atoms with Crippen molar-refractivity contribution in [2.24, 2.45) is 5.73 Å². The zero-order valence-corrected chi connectivity index (χ0v) is 25.9. The fourth-order valence-corrected chi connectivity index (χ4v) is 5.32. The second-order valence-electron chi connectivity index (χ2n) is 10.7. The number of amides is 2. The van der Waals surface area contributed by atoms with Gasteiger partial charge in [-0.15, -0.1) is 0 Å². The van der Waals surface area contributed by atoms with Crippen LogP contribution in [0.4, 0.5) is 17.6 Å². The average molecular weight is 684 g/mol. The largest absolute Gasteiger partial charge is 0.494 e. The van der Waals surface area contributed by atoms with E-state index in [9.17, 15) is 32.3 Å². The molecule has 2 aromatic carbocycles. The summed E-state index contributed by atoms with van der Waals surface area (Å²) < 4.78 is 71.5. The Hall–Kier alpha value is -4.14. The lowest BCUT2D eigenvalue weighted by Gasteiger charge is -2.31. The molecule has 4 aromatic rings. The van der Waals surface area contributed by atoms with Crippen molar-refractivity contribution in [1.82, 2.24) is 20.1 Å². The van der Waals surface area contributed by atoms with Gasteiger partial charge in [-0.05, 0) is 50.1 Å². The van der Waals surface area contributed by atoms with Gasteiger partial charge in [-0.1, -0.05) is 23.2 Å². The van der Waals surface area contributed by atoms with E-state index in [0.717, 1.165) is 31.0 Å². The molecule has 1 aliphatic rings. The highest BCUT2D eigenvalue weighted by Crippen LogP contribution is 2.44. The molecule has 0 aliphatic heterocycles. The number of fused-ring (bicyclic) bond motifs is 1. The van der Waals surface area contributed by atoms with Gasteiger partial charge in [-0.3, -0.25) is 14.3 Å². The minimum absolute atomic E-state index is 0.0482. The molecule has 244 valence electrons. The SMILES string of the molecule is CCOc1c(CC(N)=O)cc([C@@](O)(CNC(=O)c2cc(OC)c3nn(C4CC4)cc3c2)C(F)(F)F)nc1-c1cc(Cl)cc(F)c1Cl. The van der Waals surface area contributed by atoms with Gasteiger partial charge in [0.2, 0.25) is 11.5 Å². The van der Waals surface area contributed by atoms with E-state index in [1.54, 1.807) is 17.8 Å². The van der Waals surface area contributed by atoms with Gasteiger partial charge < -0.3 is 25.6 Å². The van der Waals surface area contributed by atoms with Crippen LogP contribution >= 0.6 is 23.2 Å². The van der Waals surface area contributed by atoms with Crippen LogP contribution < -0.4 is 20.5 Å². The number of alkyl halides is 3. The summed E-state index contributed by atoms with van der Waals surface area (Å²) >= 11 is 12.2. The molecule has 16 heteroatoms. The lowest BCUT2D eigenvalue weighted by atomic mass is 9.93. The molecule has 5 rings (SSSR count). The summed E-state index contributed by atoms with van der Waals surface area (Å²) in [6, 6.07) is 5.79. The molecule has 1 fully saturated rings. The van der Waals surface area contributed by atoms with Crippen molar-refractivity contribution in [2.75, 3.05) is 20.3 Å². The van der Waals surface area contributed by atoms with Crippen molar-refractivity contribution in [3.05, 3.63) is 69.2 Å². The van der Waals surface area contributed by atoms with Crippen molar-refractivity contribution < 1.29 is 41.7 Å². The fraction of sp³-hybridized carbons (Fsp3) is 0.333.